The Bertz CT molecular complexity index is 883. The van der Waals surface area contributed by atoms with Crippen molar-refractivity contribution in [3.05, 3.63) is 65.2 Å². The second-order valence-electron chi connectivity index (χ2n) is 6.62. The summed E-state index contributed by atoms with van der Waals surface area (Å²) in [5, 5.41) is 12.1. The van der Waals surface area contributed by atoms with Crippen molar-refractivity contribution in [2.24, 2.45) is 4.99 Å². The lowest BCUT2D eigenvalue weighted by molar-refractivity contribution is -0.116. The summed E-state index contributed by atoms with van der Waals surface area (Å²) in [5.41, 5.74) is 3.68. The normalized spacial score (nSPS) is 15.4. The third-order valence-electron chi connectivity index (χ3n) is 4.75. The largest absolute Gasteiger partial charge is 0.356 e. The van der Waals surface area contributed by atoms with Crippen LogP contribution in [0.4, 0.5) is 5.69 Å². The van der Waals surface area contributed by atoms with Crippen molar-refractivity contribution < 1.29 is 9.59 Å². The molecule has 7 nitrogen and oxygen atoms in total. The molecule has 0 fully saturated rings. The molecule has 0 aromatic heterocycles. The van der Waals surface area contributed by atoms with E-state index in [2.05, 4.69) is 26.3 Å². The van der Waals surface area contributed by atoms with Gasteiger partial charge in [-0.3, -0.25) is 14.6 Å². The van der Waals surface area contributed by atoms with Gasteiger partial charge in [0.1, 0.15) is 0 Å². The highest BCUT2D eigenvalue weighted by molar-refractivity contribution is 14.0. The molecule has 0 saturated heterocycles. The lowest BCUT2D eigenvalue weighted by Gasteiger charge is -2.26. The Balaban J connectivity index is 0.00000300. The third kappa shape index (κ3) is 5.93. The van der Waals surface area contributed by atoms with Crippen molar-refractivity contribution >= 4 is 47.4 Å². The van der Waals surface area contributed by atoms with Crippen molar-refractivity contribution in [2.45, 2.75) is 18.9 Å². The quantitative estimate of drug-likeness (QED) is 0.284. The summed E-state index contributed by atoms with van der Waals surface area (Å²) in [6, 6.07) is 15.3. The summed E-state index contributed by atoms with van der Waals surface area (Å²) >= 11 is 0. The minimum absolute atomic E-state index is 0. The molecule has 1 aliphatic rings. The van der Waals surface area contributed by atoms with Gasteiger partial charge < -0.3 is 21.3 Å². The minimum Gasteiger partial charge on any atom is -0.356 e. The van der Waals surface area contributed by atoms with Crippen LogP contribution in [0.5, 0.6) is 0 Å². The average Bonchev–Trinajstić information content (AvgIpc) is 2.73. The van der Waals surface area contributed by atoms with E-state index in [4.69, 9.17) is 0 Å². The fourth-order valence-electron chi connectivity index (χ4n) is 3.23. The molecule has 4 N–H and O–H groups in total. The topological polar surface area (TPSA) is 94.6 Å². The van der Waals surface area contributed by atoms with Crippen LogP contribution in [0.15, 0.2) is 53.5 Å². The number of amides is 2. The van der Waals surface area contributed by atoms with Gasteiger partial charge in [-0.25, -0.2) is 0 Å². The summed E-state index contributed by atoms with van der Waals surface area (Å²) < 4.78 is 0. The summed E-state index contributed by atoms with van der Waals surface area (Å²) in [5.74, 6) is 0.688. The summed E-state index contributed by atoms with van der Waals surface area (Å²) in [4.78, 5) is 27.8. The molecule has 0 saturated carbocycles. The Labute approximate surface area is 187 Å². The molecule has 29 heavy (non-hydrogen) atoms. The number of carbonyl (C=O) groups excluding carboxylic acids is 2. The van der Waals surface area contributed by atoms with Crippen LogP contribution >= 0.6 is 24.0 Å². The molecule has 0 aliphatic carbocycles. The molecule has 0 spiro atoms. The first kappa shape index (κ1) is 22.7. The number of anilines is 1. The van der Waals surface area contributed by atoms with Crippen LogP contribution in [-0.2, 0) is 11.3 Å². The monoisotopic (exact) mass is 507 g/mol. The van der Waals surface area contributed by atoms with Crippen LogP contribution in [-0.4, -0.2) is 38.4 Å². The summed E-state index contributed by atoms with van der Waals surface area (Å²) in [6.07, 6.45) is 0.446. The molecule has 2 amide bonds. The van der Waals surface area contributed by atoms with E-state index in [1.165, 1.54) is 0 Å². The molecular formula is C21H26IN5O2. The zero-order valence-corrected chi connectivity index (χ0v) is 18.8. The molecule has 1 atom stereocenters. The Hall–Kier alpha value is -2.62. The maximum absolute atomic E-state index is 11.9. The highest BCUT2D eigenvalue weighted by Gasteiger charge is 2.24. The van der Waals surface area contributed by atoms with E-state index < -0.39 is 0 Å². The Morgan fingerprint density at radius 3 is 2.55 bits per heavy atom. The van der Waals surface area contributed by atoms with Crippen molar-refractivity contribution in [2.75, 3.05) is 26.0 Å². The molecule has 154 valence electrons. The maximum Gasteiger partial charge on any atom is 0.251 e. The smallest absolute Gasteiger partial charge is 0.251 e. The van der Waals surface area contributed by atoms with Gasteiger partial charge in [-0.05, 0) is 29.3 Å². The predicted molar refractivity (Wildman–Crippen MR) is 126 cm³/mol. The summed E-state index contributed by atoms with van der Waals surface area (Å²) in [6.45, 7) is 1.19. The molecule has 8 heteroatoms. The number of carbonyl (C=O) groups is 2. The number of nitrogens with one attached hydrogen (secondary N) is 4. The van der Waals surface area contributed by atoms with Gasteiger partial charge >= 0.3 is 0 Å². The van der Waals surface area contributed by atoms with Gasteiger partial charge in [0.2, 0.25) is 5.91 Å². The van der Waals surface area contributed by atoms with Gasteiger partial charge in [0.15, 0.2) is 5.96 Å². The number of aliphatic imine (C=N–C) groups is 1. The van der Waals surface area contributed by atoms with E-state index in [0.717, 1.165) is 16.8 Å². The lowest BCUT2D eigenvalue weighted by Crippen LogP contribution is -2.40. The molecule has 0 bridgehead atoms. The Morgan fingerprint density at radius 1 is 1.14 bits per heavy atom. The van der Waals surface area contributed by atoms with Gasteiger partial charge in [0, 0.05) is 50.8 Å². The van der Waals surface area contributed by atoms with E-state index in [1.807, 2.05) is 36.4 Å². The van der Waals surface area contributed by atoms with Gasteiger partial charge in [0.25, 0.3) is 5.91 Å². The lowest BCUT2D eigenvalue weighted by atomic mass is 9.90. The molecule has 1 aliphatic heterocycles. The molecule has 1 heterocycles. The fraction of sp³-hybridized carbons (Fsp3) is 0.286. The first-order valence-corrected chi connectivity index (χ1v) is 9.25. The van der Waals surface area contributed by atoms with Gasteiger partial charge in [-0.1, -0.05) is 30.3 Å². The van der Waals surface area contributed by atoms with E-state index in [9.17, 15) is 9.59 Å². The van der Waals surface area contributed by atoms with Crippen molar-refractivity contribution in [3.63, 3.8) is 0 Å². The molecule has 1 unspecified atom stereocenters. The first-order valence-electron chi connectivity index (χ1n) is 9.25. The standard InChI is InChI=1S/C21H25N5O2.HI/c1-22-20(28)15-9-7-14(8-10-15)12-24-21(23-2)25-13-16-11-19(27)26-18-6-4-3-5-17(16)18;/h3-10,16H,11-13H2,1-2H3,(H,22,28)(H,26,27)(H2,23,24,25);1H. The zero-order valence-electron chi connectivity index (χ0n) is 16.5. The highest BCUT2D eigenvalue weighted by Crippen LogP contribution is 2.31. The maximum atomic E-state index is 11.9. The fourth-order valence-corrected chi connectivity index (χ4v) is 3.23. The molecule has 0 radical (unpaired) electrons. The number of benzene rings is 2. The minimum atomic E-state index is -0.103. The van der Waals surface area contributed by atoms with E-state index in [1.54, 1.807) is 26.2 Å². The predicted octanol–water partition coefficient (Wildman–Crippen LogP) is 2.46. The van der Waals surface area contributed by atoms with Crippen molar-refractivity contribution in [1.82, 2.24) is 16.0 Å². The van der Waals surface area contributed by atoms with Crippen LogP contribution in [0.1, 0.15) is 33.8 Å². The number of hydrogen-bond acceptors (Lipinski definition) is 3. The second kappa shape index (κ2) is 10.8. The number of halogens is 1. The Kier molecular flexibility index (Phi) is 8.44. The van der Waals surface area contributed by atoms with E-state index in [-0.39, 0.29) is 41.7 Å². The van der Waals surface area contributed by atoms with Gasteiger partial charge in [-0.2, -0.15) is 0 Å². The number of para-hydroxylation sites is 1. The van der Waals surface area contributed by atoms with Crippen LogP contribution < -0.4 is 21.3 Å². The zero-order chi connectivity index (χ0) is 19.9. The third-order valence-corrected chi connectivity index (χ3v) is 4.75. The second-order valence-corrected chi connectivity index (χ2v) is 6.62. The SMILES string of the molecule is CN=C(NCc1ccc(C(=O)NC)cc1)NCC1CC(=O)Nc2ccccc21.I. The number of rotatable bonds is 5. The van der Waals surface area contributed by atoms with E-state index in [0.29, 0.717) is 31.0 Å². The number of guanidine groups is 1. The average molecular weight is 507 g/mol. The van der Waals surface area contributed by atoms with Crippen LogP contribution in [0.2, 0.25) is 0 Å². The summed E-state index contributed by atoms with van der Waals surface area (Å²) in [7, 11) is 3.33. The molecule has 2 aromatic carbocycles. The van der Waals surface area contributed by atoms with Crippen LogP contribution in [0.25, 0.3) is 0 Å². The number of hydrogen-bond donors (Lipinski definition) is 4. The van der Waals surface area contributed by atoms with Crippen molar-refractivity contribution in [3.8, 4) is 0 Å². The van der Waals surface area contributed by atoms with Crippen LogP contribution in [0, 0.1) is 0 Å². The number of nitrogens with zero attached hydrogens (tertiary/aromatic N) is 1. The Morgan fingerprint density at radius 2 is 1.86 bits per heavy atom. The van der Waals surface area contributed by atoms with Gasteiger partial charge in [-0.15, -0.1) is 24.0 Å². The molecule has 2 aromatic rings. The van der Waals surface area contributed by atoms with Gasteiger partial charge in [0.05, 0.1) is 0 Å². The van der Waals surface area contributed by atoms with Crippen molar-refractivity contribution in [1.29, 1.82) is 0 Å². The molecular weight excluding hydrogens is 481 g/mol. The number of fused-ring (bicyclic) bond motifs is 1. The highest BCUT2D eigenvalue weighted by atomic mass is 127. The van der Waals surface area contributed by atoms with Crippen LogP contribution in [0.3, 0.4) is 0 Å². The van der Waals surface area contributed by atoms with E-state index >= 15 is 0 Å². The molecule has 3 rings (SSSR count). The first-order chi connectivity index (χ1) is 13.6.